The zero-order valence-electron chi connectivity index (χ0n) is 10.6. The summed E-state index contributed by atoms with van der Waals surface area (Å²) < 4.78 is 0. The van der Waals surface area contributed by atoms with Crippen molar-refractivity contribution < 1.29 is 9.59 Å². The highest BCUT2D eigenvalue weighted by Gasteiger charge is 2.31. The van der Waals surface area contributed by atoms with Crippen LogP contribution in [-0.2, 0) is 9.59 Å². The van der Waals surface area contributed by atoms with E-state index in [1.807, 2.05) is 6.92 Å². The molecule has 1 fully saturated rings. The number of carbonyl (C=O) groups excluding carboxylic acids is 2. The molecule has 1 unspecified atom stereocenters. The van der Waals surface area contributed by atoms with Crippen molar-refractivity contribution in [2.24, 2.45) is 5.73 Å². The van der Waals surface area contributed by atoms with Crippen LogP contribution in [-0.4, -0.2) is 42.4 Å². The number of nitrogens with two attached hydrogens (primary N) is 1. The number of hydrogen-bond donors (Lipinski definition) is 2. The topological polar surface area (TPSA) is 75.4 Å². The van der Waals surface area contributed by atoms with E-state index in [0.29, 0.717) is 32.5 Å². The summed E-state index contributed by atoms with van der Waals surface area (Å²) in [5, 5.41) is 2.88. The molecule has 0 bridgehead atoms. The molecule has 1 saturated heterocycles. The van der Waals surface area contributed by atoms with Crippen LogP contribution in [0.25, 0.3) is 0 Å². The van der Waals surface area contributed by atoms with Crippen molar-refractivity contribution in [2.45, 2.75) is 45.1 Å². The average molecular weight is 241 g/mol. The summed E-state index contributed by atoms with van der Waals surface area (Å²) in [4.78, 5) is 25.2. The number of carbonyl (C=O) groups is 2. The van der Waals surface area contributed by atoms with Gasteiger partial charge in [-0.3, -0.25) is 9.59 Å². The molecule has 0 aromatic heterocycles. The third-order valence-electron chi connectivity index (χ3n) is 3.11. The number of nitrogens with zero attached hydrogens (tertiary/aromatic N) is 1. The normalized spacial score (nSPS) is 17.3. The molecule has 5 nitrogen and oxygen atoms in total. The first kappa shape index (κ1) is 14.0. The van der Waals surface area contributed by atoms with Gasteiger partial charge in [0.2, 0.25) is 11.8 Å². The van der Waals surface area contributed by atoms with Crippen LogP contribution in [0.5, 0.6) is 0 Å². The monoisotopic (exact) mass is 241 g/mol. The molecular formula is C12H23N3O2. The molecule has 1 atom stereocenters. The first-order valence-corrected chi connectivity index (χ1v) is 6.48. The second-order valence-electron chi connectivity index (χ2n) is 4.40. The summed E-state index contributed by atoms with van der Waals surface area (Å²) in [7, 11) is 0. The molecule has 1 aliphatic heterocycles. The van der Waals surface area contributed by atoms with Gasteiger partial charge in [-0.1, -0.05) is 6.92 Å². The molecule has 1 heterocycles. The molecule has 1 rings (SSSR count). The van der Waals surface area contributed by atoms with E-state index in [-0.39, 0.29) is 17.9 Å². The third kappa shape index (κ3) is 4.00. The highest BCUT2D eigenvalue weighted by Crippen LogP contribution is 2.15. The number of likely N-dealkylation sites (tertiary alicyclic amines) is 1. The van der Waals surface area contributed by atoms with Gasteiger partial charge in [0.25, 0.3) is 0 Å². The minimum atomic E-state index is -0.289. The maximum Gasteiger partial charge on any atom is 0.242 e. The zero-order valence-corrected chi connectivity index (χ0v) is 10.6. The highest BCUT2D eigenvalue weighted by molar-refractivity contribution is 5.88. The summed E-state index contributed by atoms with van der Waals surface area (Å²) in [6.45, 7) is 3.95. The Hall–Kier alpha value is -1.10. The lowest BCUT2D eigenvalue weighted by Gasteiger charge is -2.25. The van der Waals surface area contributed by atoms with Crippen LogP contribution in [0.3, 0.4) is 0 Å². The first-order valence-electron chi connectivity index (χ1n) is 6.48. The van der Waals surface area contributed by atoms with E-state index in [2.05, 4.69) is 5.32 Å². The fourth-order valence-corrected chi connectivity index (χ4v) is 2.14. The summed E-state index contributed by atoms with van der Waals surface area (Å²) in [5.74, 6) is 0.0775. The lowest BCUT2D eigenvalue weighted by molar-refractivity contribution is -0.137. The van der Waals surface area contributed by atoms with Crippen LogP contribution >= 0.6 is 0 Å². The van der Waals surface area contributed by atoms with Crippen molar-refractivity contribution >= 4 is 11.8 Å². The third-order valence-corrected chi connectivity index (χ3v) is 3.11. The summed E-state index contributed by atoms with van der Waals surface area (Å²) in [6.07, 6.45) is 3.94. The Bertz CT molecular complexity index is 268. The van der Waals surface area contributed by atoms with Gasteiger partial charge in [0.1, 0.15) is 6.04 Å². The molecule has 0 radical (unpaired) electrons. The van der Waals surface area contributed by atoms with Gasteiger partial charge in [0.05, 0.1) is 0 Å². The quantitative estimate of drug-likeness (QED) is 0.627. The van der Waals surface area contributed by atoms with E-state index >= 15 is 0 Å². The summed E-state index contributed by atoms with van der Waals surface area (Å²) >= 11 is 0. The molecule has 1 aliphatic rings. The predicted octanol–water partition coefficient (Wildman–Crippen LogP) is 0.243. The van der Waals surface area contributed by atoms with Crippen LogP contribution in [0.2, 0.25) is 0 Å². The van der Waals surface area contributed by atoms with Crippen molar-refractivity contribution in [1.29, 1.82) is 0 Å². The van der Waals surface area contributed by atoms with Crippen molar-refractivity contribution in [3.05, 3.63) is 0 Å². The standard InChI is InChI=1S/C12H23N3O2/c1-2-10(15-9-5-6-11(15)16)12(17)14-8-4-3-7-13/h10H,2-9,13H2,1H3,(H,14,17). The Morgan fingerprint density at radius 2 is 2.29 bits per heavy atom. The maximum atomic E-state index is 11.9. The molecule has 5 heteroatoms. The van der Waals surface area contributed by atoms with Crippen molar-refractivity contribution in [3.8, 4) is 0 Å². The van der Waals surface area contributed by atoms with Crippen LogP contribution in [0, 0.1) is 0 Å². The van der Waals surface area contributed by atoms with Gasteiger partial charge in [-0.15, -0.1) is 0 Å². The van der Waals surface area contributed by atoms with Crippen molar-refractivity contribution in [3.63, 3.8) is 0 Å². The zero-order chi connectivity index (χ0) is 12.7. The Morgan fingerprint density at radius 3 is 2.82 bits per heavy atom. The van der Waals surface area contributed by atoms with Gasteiger partial charge in [-0.05, 0) is 32.2 Å². The van der Waals surface area contributed by atoms with Crippen molar-refractivity contribution in [1.82, 2.24) is 10.2 Å². The van der Waals surface area contributed by atoms with Gasteiger partial charge in [-0.2, -0.15) is 0 Å². The van der Waals surface area contributed by atoms with E-state index in [1.54, 1.807) is 4.90 Å². The van der Waals surface area contributed by atoms with Gasteiger partial charge in [0, 0.05) is 19.5 Å². The molecular weight excluding hydrogens is 218 g/mol. The van der Waals surface area contributed by atoms with Gasteiger partial charge in [-0.25, -0.2) is 0 Å². The number of nitrogens with one attached hydrogen (secondary N) is 1. The van der Waals surface area contributed by atoms with E-state index in [4.69, 9.17) is 5.73 Å². The molecule has 0 aromatic carbocycles. The number of hydrogen-bond acceptors (Lipinski definition) is 3. The van der Waals surface area contributed by atoms with Crippen LogP contribution in [0.4, 0.5) is 0 Å². The fourth-order valence-electron chi connectivity index (χ4n) is 2.14. The Kier molecular flexibility index (Phi) is 5.97. The minimum absolute atomic E-state index is 0.0280. The molecule has 98 valence electrons. The summed E-state index contributed by atoms with van der Waals surface area (Å²) in [6, 6.07) is -0.289. The molecule has 0 spiro atoms. The molecule has 0 saturated carbocycles. The molecule has 3 N–H and O–H groups in total. The van der Waals surface area contributed by atoms with Crippen LogP contribution < -0.4 is 11.1 Å². The minimum Gasteiger partial charge on any atom is -0.354 e. The smallest absolute Gasteiger partial charge is 0.242 e. The van der Waals surface area contributed by atoms with E-state index in [0.717, 1.165) is 19.3 Å². The van der Waals surface area contributed by atoms with Crippen LogP contribution in [0.15, 0.2) is 0 Å². The Morgan fingerprint density at radius 1 is 1.53 bits per heavy atom. The number of unbranched alkanes of at least 4 members (excludes halogenated alkanes) is 1. The fraction of sp³-hybridized carbons (Fsp3) is 0.833. The van der Waals surface area contributed by atoms with Crippen molar-refractivity contribution in [2.75, 3.05) is 19.6 Å². The van der Waals surface area contributed by atoms with E-state index in [9.17, 15) is 9.59 Å². The SMILES string of the molecule is CCC(C(=O)NCCCCN)N1CCCC1=O. The lowest BCUT2D eigenvalue weighted by atomic mass is 10.1. The molecule has 17 heavy (non-hydrogen) atoms. The second kappa shape index (κ2) is 7.27. The Labute approximate surface area is 103 Å². The number of amides is 2. The predicted molar refractivity (Wildman–Crippen MR) is 66.3 cm³/mol. The molecule has 0 aromatic rings. The molecule has 2 amide bonds. The van der Waals surface area contributed by atoms with E-state index < -0.39 is 0 Å². The summed E-state index contributed by atoms with van der Waals surface area (Å²) in [5.41, 5.74) is 5.38. The maximum absolute atomic E-state index is 11.9. The van der Waals surface area contributed by atoms with Gasteiger partial charge < -0.3 is 16.0 Å². The van der Waals surface area contributed by atoms with Gasteiger partial charge >= 0.3 is 0 Å². The van der Waals surface area contributed by atoms with Gasteiger partial charge in [0.15, 0.2) is 0 Å². The first-order chi connectivity index (χ1) is 8.20. The second-order valence-corrected chi connectivity index (χ2v) is 4.40. The average Bonchev–Trinajstić information content (AvgIpc) is 2.72. The largest absolute Gasteiger partial charge is 0.354 e. The van der Waals surface area contributed by atoms with Crippen LogP contribution in [0.1, 0.15) is 39.0 Å². The van der Waals surface area contributed by atoms with E-state index in [1.165, 1.54) is 0 Å². The lowest BCUT2D eigenvalue weighted by Crippen LogP contribution is -2.47. The Balaban J connectivity index is 2.38. The highest BCUT2D eigenvalue weighted by atomic mass is 16.2. The molecule has 0 aliphatic carbocycles. The number of rotatable bonds is 7.